The van der Waals surface area contributed by atoms with Crippen LogP contribution in [0.15, 0.2) is 33.7 Å². The van der Waals surface area contributed by atoms with Crippen LogP contribution in [0.25, 0.3) is 0 Å². The first-order valence-corrected chi connectivity index (χ1v) is 5.74. The van der Waals surface area contributed by atoms with E-state index < -0.39 is 0 Å². The Labute approximate surface area is 97.5 Å². The fourth-order valence-corrected chi connectivity index (χ4v) is 1.99. The highest BCUT2D eigenvalue weighted by molar-refractivity contribution is 9.10. The van der Waals surface area contributed by atoms with E-state index in [1.165, 1.54) is 5.56 Å². The van der Waals surface area contributed by atoms with Crippen LogP contribution in [-0.2, 0) is 4.74 Å². The quantitative estimate of drug-likeness (QED) is 0.915. The molecule has 3 nitrogen and oxygen atoms in total. The normalized spacial score (nSPS) is 19.9. The number of nitrogens with zero attached hydrogens (tertiary/aromatic N) is 1. The Morgan fingerprint density at radius 2 is 2.40 bits per heavy atom. The SMILES string of the molecule is NCCC1=NC(c2cccc(Br)c2)CO1. The molecule has 80 valence electrons. The third-order valence-corrected chi connectivity index (χ3v) is 2.79. The van der Waals surface area contributed by atoms with Crippen molar-refractivity contribution in [3.8, 4) is 0 Å². The van der Waals surface area contributed by atoms with Crippen molar-refractivity contribution in [2.75, 3.05) is 13.2 Å². The molecule has 0 aliphatic carbocycles. The lowest BCUT2D eigenvalue weighted by Gasteiger charge is -2.04. The van der Waals surface area contributed by atoms with E-state index >= 15 is 0 Å². The standard InChI is InChI=1S/C11H13BrN2O/c12-9-3-1-2-8(6-9)10-7-15-11(14-10)4-5-13/h1-3,6,10H,4-5,7,13H2. The van der Waals surface area contributed by atoms with Crippen molar-refractivity contribution in [2.24, 2.45) is 10.7 Å². The van der Waals surface area contributed by atoms with Crippen LogP contribution in [0.5, 0.6) is 0 Å². The van der Waals surface area contributed by atoms with Gasteiger partial charge in [-0.1, -0.05) is 28.1 Å². The first-order chi connectivity index (χ1) is 7.29. The van der Waals surface area contributed by atoms with Crippen molar-refractivity contribution in [1.29, 1.82) is 0 Å². The molecule has 0 saturated carbocycles. The number of aliphatic imine (C=N–C) groups is 1. The number of hydrogen-bond acceptors (Lipinski definition) is 3. The second-order valence-electron chi connectivity index (χ2n) is 3.44. The molecule has 2 rings (SSSR count). The Hall–Kier alpha value is -0.870. The lowest BCUT2D eigenvalue weighted by molar-refractivity contribution is 0.312. The van der Waals surface area contributed by atoms with E-state index in [1.54, 1.807) is 0 Å². The molecule has 1 atom stereocenters. The molecule has 0 amide bonds. The van der Waals surface area contributed by atoms with Crippen molar-refractivity contribution >= 4 is 21.8 Å². The third-order valence-electron chi connectivity index (χ3n) is 2.30. The van der Waals surface area contributed by atoms with Crippen LogP contribution in [0.3, 0.4) is 0 Å². The molecule has 15 heavy (non-hydrogen) atoms. The third kappa shape index (κ3) is 2.58. The lowest BCUT2D eigenvalue weighted by atomic mass is 10.1. The fraction of sp³-hybridized carbons (Fsp3) is 0.364. The van der Waals surface area contributed by atoms with Crippen molar-refractivity contribution in [3.63, 3.8) is 0 Å². The summed E-state index contributed by atoms with van der Waals surface area (Å²) in [6.07, 6.45) is 0.727. The zero-order valence-electron chi connectivity index (χ0n) is 8.32. The van der Waals surface area contributed by atoms with E-state index in [0.717, 1.165) is 16.8 Å². The van der Waals surface area contributed by atoms with Crippen molar-refractivity contribution in [1.82, 2.24) is 0 Å². The molecule has 0 bridgehead atoms. The van der Waals surface area contributed by atoms with Gasteiger partial charge in [-0.25, -0.2) is 4.99 Å². The zero-order valence-corrected chi connectivity index (χ0v) is 9.90. The summed E-state index contributed by atoms with van der Waals surface area (Å²) in [5.74, 6) is 0.780. The lowest BCUT2D eigenvalue weighted by Crippen LogP contribution is -2.07. The van der Waals surface area contributed by atoms with Gasteiger partial charge in [-0.05, 0) is 17.7 Å². The maximum absolute atomic E-state index is 5.45. The molecular formula is C11H13BrN2O. The average molecular weight is 269 g/mol. The summed E-state index contributed by atoms with van der Waals surface area (Å²) in [5, 5.41) is 0. The Bertz CT molecular complexity index is 379. The number of benzene rings is 1. The number of ether oxygens (including phenoxy) is 1. The summed E-state index contributed by atoms with van der Waals surface area (Å²) >= 11 is 3.45. The monoisotopic (exact) mass is 268 g/mol. The first-order valence-electron chi connectivity index (χ1n) is 4.94. The van der Waals surface area contributed by atoms with Crippen LogP contribution in [0.1, 0.15) is 18.0 Å². The molecule has 0 radical (unpaired) electrons. The number of rotatable bonds is 3. The Kier molecular flexibility index (Phi) is 3.38. The van der Waals surface area contributed by atoms with Gasteiger partial charge in [-0.15, -0.1) is 0 Å². The molecule has 0 spiro atoms. The predicted molar refractivity (Wildman–Crippen MR) is 63.9 cm³/mol. The summed E-state index contributed by atoms with van der Waals surface area (Å²) in [5.41, 5.74) is 6.63. The van der Waals surface area contributed by atoms with Crippen molar-refractivity contribution in [3.05, 3.63) is 34.3 Å². The van der Waals surface area contributed by atoms with E-state index in [2.05, 4.69) is 33.1 Å². The van der Waals surface area contributed by atoms with Crippen LogP contribution in [0.4, 0.5) is 0 Å². The number of halogens is 1. The second-order valence-corrected chi connectivity index (χ2v) is 4.36. The van der Waals surface area contributed by atoms with Crippen molar-refractivity contribution < 1.29 is 4.74 Å². The summed E-state index contributed by atoms with van der Waals surface area (Å²) in [6.45, 7) is 1.22. The van der Waals surface area contributed by atoms with Gasteiger partial charge < -0.3 is 10.5 Å². The topological polar surface area (TPSA) is 47.6 Å². The van der Waals surface area contributed by atoms with Gasteiger partial charge in [0, 0.05) is 17.4 Å². The van der Waals surface area contributed by atoms with Crippen LogP contribution >= 0.6 is 15.9 Å². The fourth-order valence-electron chi connectivity index (χ4n) is 1.57. The van der Waals surface area contributed by atoms with Gasteiger partial charge in [0.2, 0.25) is 0 Å². The molecule has 1 aromatic rings. The molecule has 0 fully saturated rings. The van der Waals surface area contributed by atoms with Crippen LogP contribution in [0, 0.1) is 0 Å². The Balaban J connectivity index is 2.13. The van der Waals surface area contributed by atoms with Gasteiger partial charge in [0.15, 0.2) is 5.90 Å². The number of hydrogen-bond donors (Lipinski definition) is 1. The zero-order chi connectivity index (χ0) is 10.7. The van der Waals surface area contributed by atoms with Gasteiger partial charge >= 0.3 is 0 Å². The van der Waals surface area contributed by atoms with Gasteiger partial charge in [-0.2, -0.15) is 0 Å². The minimum Gasteiger partial charge on any atom is -0.478 e. The van der Waals surface area contributed by atoms with Gasteiger partial charge in [0.1, 0.15) is 12.6 Å². The minimum atomic E-state index is 0.129. The summed E-state index contributed by atoms with van der Waals surface area (Å²) in [6, 6.07) is 8.28. The van der Waals surface area contributed by atoms with Crippen molar-refractivity contribution in [2.45, 2.75) is 12.5 Å². The molecule has 4 heteroatoms. The van der Waals surface area contributed by atoms with Crippen LogP contribution in [0.2, 0.25) is 0 Å². The highest BCUT2D eigenvalue weighted by Crippen LogP contribution is 2.25. The van der Waals surface area contributed by atoms with Crippen LogP contribution in [-0.4, -0.2) is 19.0 Å². The van der Waals surface area contributed by atoms with E-state index in [1.807, 2.05) is 12.1 Å². The highest BCUT2D eigenvalue weighted by Gasteiger charge is 2.19. The number of nitrogens with two attached hydrogens (primary N) is 1. The molecule has 0 saturated heterocycles. The molecule has 1 unspecified atom stereocenters. The minimum absolute atomic E-state index is 0.129. The molecule has 1 aliphatic rings. The molecule has 0 aromatic heterocycles. The molecule has 2 N–H and O–H groups in total. The summed E-state index contributed by atoms with van der Waals surface area (Å²) < 4.78 is 6.53. The Morgan fingerprint density at radius 1 is 1.53 bits per heavy atom. The van der Waals surface area contributed by atoms with Gasteiger partial charge in [0.05, 0.1) is 0 Å². The van der Waals surface area contributed by atoms with E-state index in [-0.39, 0.29) is 6.04 Å². The molecule has 1 aliphatic heterocycles. The van der Waals surface area contributed by atoms with Gasteiger partial charge in [-0.3, -0.25) is 0 Å². The largest absolute Gasteiger partial charge is 0.478 e. The van der Waals surface area contributed by atoms with Gasteiger partial charge in [0.25, 0.3) is 0 Å². The van der Waals surface area contributed by atoms with E-state index in [9.17, 15) is 0 Å². The average Bonchev–Trinajstić information content (AvgIpc) is 2.67. The second kappa shape index (κ2) is 4.77. The summed E-state index contributed by atoms with van der Waals surface area (Å²) in [4.78, 5) is 4.48. The van der Waals surface area contributed by atoms with Crippen LogP contribution < -0.4 is 5.73 Å². The molecule has 1 heterocycles. The smallest absolute Gasteiger partial charge is 0.185 e. The van der Waals surface area contributed by atoms with E-state index in [0.29, 0.717) is 13.2 Å². The Morgan fingerprint density at radius 3 is 3.13 bits per heavy atom. The summed E-state index contributed by atoms with van der Waals surface area (Å²) in [7, 11) is 0. The first kappa shape index (κ1) is 10.6. The molecule has 1 aromatic carbocycles. The van der Waals surface area contributed by atoms with E-state index in [4.69, 9.17) is 10.5 Å². The maximum Gasteiger partial charge on any atom is 0.185 e. The predicted octanol–water partition coefficient (Wildman–Crippen LogP) is 2.27. The molecular weight excluding hydrogens is 256 g/mol. The highest BCUT2D eigenvalue weighted by atomic mass is 79.9. The maximum atomic E-state index is 5.45.